The van der Waals surface area contributed by atoms with Gasteiger partial charge in [0.05, 0.1) is 18.9 Å². The molecular weight excluding hydrogens is 262 g/mol. The topological polar surface area (TPSA) is 37.7 Å². The molecule has 0 fully saturated rings. The van der Waals surface area contributed by atoms with Crippen molar-refractivity contribution >= 4 is 11.5 Å². The molecule has 1 aromatic carbocycles. The van der Waals surface area contributed by atoms with Gasteiger partial charge in [-0.3, -0.25) is 4.99 Å². The van der Waals surface area contributed by atoms with Crippen LogP contribution in [0.4, 0.5) is 5.82 Å². The van der Waals surface area contributed by atoms with Crippen LogP contribution in [0.1, 0.15) is 23.6 Å². The summed E-state index contributed by atoms with van der Waals surface area (Å²) in [5.41, 5.74) is 4.53. The van der Waals surface area contributed by atoms with E-state index in [0.29, 0.717) is 6.61 Å². The summed E-state index contributed by atoms with van der Waals surface area (Å²) in [5, 5.41) is 0. The SMILES string of the molecule is CCOc1ccc2c(c1)C(c1ccnc(N(C)C)c1)=NC2. The molecule has 1 aliphatic heterocycles. The zero-order valence-corrected chi connectivity index (χ0v) is 12.6. The van der Waals surface area contributed by atoms with Crippen molar-refractivity contribution in [2.24, 2.45) is 4.99 Å². The first-order valence-corrected chi connectivity index (χ1v) is 7.13. The molecule has 0 saturated heterocycles. The van der Waals surface area contributed by atoms with E-state index in [2.05, 4.69) is 23.2 Å². The minimum absolute atomic E-state index is 0.672. The number of nitrogens with zero attached hydrogens (tertiary/aromatic N) is 3. The Balaban J connectivity index is 2.00. The van der Waals surface area contributed by atoms with Gasteiger partial charge in [0.15, 0.2) is 0 Å². The number of benzene rings is 1. The maximum atomic E-state index is 5.60. The summed E-state index contributed by atoms with van der Waals surface area (Å²) in [6.07, 6.45) is 1.83. The van der Waals surface area contributed by atoms with Crippen LogP contribution in [0.2, 0.25) is 0 Å². The predicted octanol–water partition coefficient (Wildman–Crippen LogP) is 2.90. The molecule has 0 bridgehead atoms. The fourth-order valence-electron chi connectivity index (χ4n) is 2.48. The van der Waals surface area contributed by atoms with E-state index in [0.717, 1.165) is 35.0 Å². The molecule has 2 heterocycles. The molecule has 4 nitrogen and oxygen atoms in total. The second-order valence-electron chi connectivity index (χ2n) is 5.21. The van der Waals surface area contributed by atoms with E-state index >= 15 is 0 Å². The van der Waals surface area contributed by atoms with Crippen molar-refractivity contribution in [1.82, 2.24) is 4.98 Å². The highest BCUT2D eigenvalue weighted by atomic mass is 16.5. The number of aromatic nitrogens is 1. The average molecular weight is 281 g/mol. The van der Waals surface area contributed by atoms with Crippen LogP contribution in [0.5, 0.6) is 5.75 Å². The Hall–Kier alpha value is -2.36. The second-order valence-corrected chi connectivity index (χ2v) is 5.21. The molecule has 21 heavy (non-hydrogen) atoms. The van der Waals surface area contributed by atoms with Gasteiger partial charge >= 0.3 is 0 Å². The lowest BCUT2D eigenvalue weighted by Crippen LogP contribution is -2.12. The molecule has 0 spiro atoms. The maximum Gasteiger partial charge on any atom is 0.128 e. The molecular formula is C17H19N3O. The van der Waals surface area contributed by atoms with Crippen molar-refractivity contribution in [2.75, 3.05) is 25.6 Å². The van der Waals surface area contributed by atoms with Crippen molar-refractivity contribution in [3.05, 3.63) is 53.2 Å². The molecule has 4 heteroatoms. The molecule has 0 unspecified atom stereocenters. The first-order chi connectivity index (χ1) is 10.2. The van der Waals surface area contributed by atoms with Crippen LogP contribution in [0, 0.1) is 0 Å². The number of hydrogen-bond donors (Lipinski definition) is 0. The van der Waals surface area contributed by atoms with Crippen LogP contribution in [0.15, 0.2) is 41.5 Å². The predicted molar refractivity (Wildman–Crippen MR) is 85.5 cm³/mol. The quantitative estimate of drug-likeness (QED) is 0.865. The van der Waals surface area contributed by atoms with Crippen molar-refractivity contribution in [3.63, 3.8) is 0 Å². The van der Waals surface area contributed by atoms with Gasteiger partial charge in [0, 0.05) is 31.4 Å². The van der Waals surface area contributed by atoms with E-state index in [-0.39, 0.29) is 0 Å². The van der Waals surface area contributed by atoms with Gasteiger partial charge in [-0.25, -0.2) is 4.98 Å². The first kappa shape index (κ1) is 13.6. The monoisotopic (exact) mass is 281 g/mol. The molecule has 108 valence electrons. The van der Waals surface area contributed by atoms with E-state index in [1.165, 1.54) is 5.56 Å². The van der Waals surface area contributed by atoms with Gasteiger partial charge in [-0.05, 0) is 36.8 Å². The van der Waals surface area contributed by atoms with Crippen molar-refractivity contribution in [3.8, 4) is 5.75 Å². The maximum absolute atomic E-state index is 5.60. The van der Waals surface area contributed by atoms with Crippen LogP contribution in [-0.2, 0) is 6.54 Å². The number of aliphatic imine (C=N–C) groups is 1. The van der Waals surface area contributed by atoms with Gasteiger partial charge in [-0.1, -0.05) is 6.07 Å². The summed E-state index contributed by atoms with van der Waals surface area (Å²) in [5.74, 6) is 1.83. The molecule has 2 aromatic rings. The van der Waals surface area contributed by atoms with Crippen LogP contribution in [0.25, 0.3) is 0 Å². The van der Waals surface area contributed by atoms with Crippen LogP contribution >= 0.6 is 0 Å². The Kier molecular flexibility index (Phi) is 3.60. The fraction of sp³-hybridized carbons (Fsp3) is 0.294. The van der Waals surface area contributed by atoms with Crippen LogP contribution in [-0.4, -0.2) is 31.4 Å². The molecule has 1 aliphatic rings. The Labute approximate surface area is 125 Å². The van der Waals surface area contributed by atoms with Gasteiger partial charge in [0.25, 0.3) is 0 Å². The van der Waals surface area contributed by atoms with E-state index in [4.69, 9.17) is 9.73 Å². The summed E-state index contributed by atoms with van der Waals surface area (Å²) in [4.78, 5) is 11.0. The van der Waals surface area contributed by atoms with Gasteiger partial charge in [-0.15, -0.1) is 0 Å². The second kappa shape index (κ2) is 5.56. The third-order valence-corrected chi connectivity index (χ3v) is 3.53. The van der Waals surface area contributed by atoms with E-state index in [9.17, 15) is 0 Å². The standard InChI is InChI=1S/C17H19N3O/c1-4-21-14-6-5-13-11-19-17(15(13)10-14)12-7-8-18-16(9-12)20(2)3/h5-10H,4,11H2,1-3H3. The minimum atomic E-state index is 0.672. The summed E-state index contributed by atoms with van der Waals surface area (Å²) < 4.78 is 5.60. The summed E-state index contributed by atoms with van der Waals surface area (Å²) >= 11 is 0. The van der Waals surface area contributed by atoms with Crippen LogP contribution < -0.4 is 9.64 Å². The molecule has 3 rings (SSSR count). The van der Waals surface area contributed by atoms with Gasteiger partial charge in [0.1, 0.15) is 11.6 Å². The van der Waals surface area contributed by atoms with Crippen LogP contribution in [0.3, 0.4) is 0 Å². The number of fused-ring (bicyclic) bond motifs is 1. The van der Waals surface area contributed by atoms with E-state index in [1.807, 2.05) is 44.2 Å². The number of rotatable bonds is 4. The number of anilines is 1. The largest absolute Gasteiger partial charge is 0.494 e. The van der Waals surface area contributed by atoms with E-state index in [1.54, 1.807) is 0 Å². The van der Waals surface area contributed by atoms with Gasteiger partial charge in [0.2, 0.25) is 0 Å². The summed E-state index contributed by atoms with van der Waals surface area (Å²) in [6, 6.07) is 10.3. The molecule has 0 atom stereocenters. The number of hydrogen-bond acceptors (Lipinski definition) is 4. The lowest BCUT2D eigenvalue weighted by molar-refractivity contribution is 0.340. The molecule has 0 aliphatic carbocycles. The molecule has 0 amide bonds. The lowest BCUT2D eigenvalue weighted by atomic mass is 10.0. The summed E-state index contributed by atoms with van der Waals surface area (Å²) in [7, 11) is 3.98. The van der Waals surface area contributed by atoms with Gasteiger partial charge < -0.3 is 9.64 Å². The van der Waals surface area contributed by atoms with Crippen molar-refractivity contribution in [2.45, 2.75) is 13.5 Å². The zero-order valence-electron chi connectivity index (χ0n) is 12.6. The third kappa shape index (κ3) is 2.61. The Bertz CT molecular complexity index is 692. The number of pyridine rings is 1. The lowest BCUT2D eigenvalue weighted by Gasteiger charge is -2.13. The smallest absolute Gasteiger partial charge is 0.128 e. The van der Waals surface area contributed by atoms with Crippen molar-refractivity contribution in [1.29, 1.82) is 0 Å². The number of ether oxygens (including phenoxy) is 1. The molecule has 0 radical (unpaired) electrons. The highest BCUT2D eigenvalue weighted by molar-refractivity contribution is 6.15. The minimum Gasteiger partial charge on any atom is -0.494 e. The third-order valence-electron chi connectivity index (χ3n) is 3.53. The summed E-state index contributed by atoms with van der Waals surface area (Å²) in [6.45, 7) is 3.40. The van der Waals surface area contributed by atoms with E-state index < -0.39 is 0 Å². The molecule has 0 N–H and O–H groups in total. The Morgan fingerprint density at radius 3 is 2.81 bits per heavy atom. The first-order valence-electron chi connectivity index (χ1n) is 7.13. The highest BCUT2D eigenvalue weighted by Crippen LogP contribution is 2.27. The Morgan fingerprint density at radius 1 is 1.19 bits per heavy atom. The highest BCUT2D eigenvalue weighted by Gasteiger charge is 2.18. The van der Waals surface area contributed by atoms with Gasteiger partial charge in [-0.2, -0.15) is 0 Å². The zero-order chi connectivity index (χ0) is 14.8. The fourth-order valence-corrected chi connectivity index (χ4v) is 2.48. The molecule has 1 aromatic heterocycles. The normalized spacial score (nSPS) is 12.8. The Morgan fingerprint density at radius 2 is 2.05 bits per heavy atom. The average Bonchev–Trinajstić information content (AvgIpc) is 2.91. The van der Waals surface area contributed by atoms with Crippen molar-refractivity contribution < 1.29 is 4.74 Å². The molecule has 0 saturated carbocycles.